The first kappa shape index (κ1) is 25.0. The highest BCUT2D eigenvalue weighted by Gasteiger charge is 2.37. The number of methoxy groups -OCH3 is 2. The number of fused-ring (bicyclic) bond motifs is 1. The minimum atomic E-state index is -4.08. The summed E-state index contributed by atoms with van der Waals surface area (Å²) in [4.78, 5) is 4.29. The minimum absolute atomic E-state index is 0.0929. The number of hydrogen-bond donors (Lipinski definition) is 2. The van der Waals surface area contributed by atoms with Crippen LogP contribution in [0.4, 0.5) is 14.5 Å². The number of anilines is 1. The van der Waals surface area contributed by atoms with E-state index >= 15 is 8.78 Å². The SMILES string of the molecule is COc1cc2ncc(-c3cc(F)c(OC)c(NS(=O)(=O)c4cnn(C)c4)c3)n2cc1C1(F)CCNCC1. The summed E-state index contributed by atoms with van der Waals surface area (Å²) in [5.41, 5.74) is -0.145. The van der Waals surface area contributed by atoms with Gasteiger partial charge < -0.3 is 14.8 Å². The van der Waals surface area contributed by atoms with Crippen molar-refractivity contribution in [2.24, 2.45) is 7.05 Å². The van der Waals surface area contributed by atoms with Gasteiger partial charge in [-0.05, 0) is 38.1 Å². The van der Waals surface area contributed by atoms with E-state index in [0.29, 0.717) is 41.3 Å². The molecule has 0 unspecified atom stereocenters. The first-order chi connectivity index (χ1) is 17.6. The number of benzene rings is 1. The van der Waals surface area contributed by atoms with Gasteiger partial charge in [-0.15, -0.1) is 0 Å². The second kappa shape index (κ2) is 9.30. The highest BCUT2D eigenvalue weighted by atomic mass is 32.2. The maximum absolute atomic E-state index is 16.0. The zero-order chi connectivity index (χ0) is 26.4. The summed E-state index contributed by atoms with van der Waals surface area (Å²) in [5.74, 6) is -0.683. The van der Waals surface area contributed by atoms with Crippen LogP contribution in [0.25, 0.3) is 16.9 Å². The van der Waals surface area contributed by atoms with Crippen molar-refractivity contribution in [3.63, 3.8) is 0 Å². The van der Waals surface area contributed by atoms with E-state index in [1.54, 1.807) is 23.7 Å². The van der Waals surface area contributed by atoms with Gasteiger partial charge in [0.1, 0.15) is 22.0 Å². The van der Waals surface area contributed by atoms with E-state index in [-0.39, 0.29) is 29.2 Å². The molecule has 0 aliphatic carbocycles. The number of nitrogens with one attached hydrogen (secondary N) is 2. The van der Waals surface area contributed by atoms with Crippen molar-refractivity contribution in [2.45, 2.75) is 23.4 Å². The first-order valence-corrected chi connectivity index (χ1v) is 13.0. The van der Waals surface area contributed by atoms with Crippen LogP contribution in [0.15, 0.2) is 47.9 Å². The molecule has 1 aliphatic heterocycles. The molecule has 0 amide bonds. The number of hydrogen-bond acceptors (Lipinski definition) is 7. The summed E-state index contributed by atoms with van der Waals surface area (Å²) in [6.07, 6.45) is 6.17. The van der Waals surface area contributed by atoms with Gasteiger partial charge in [-0.1, -0.05) is 0 Å². The van der Waals surface area contributed by atoms with Crippen LogP contribution in [0.2, 0.25) is 0 Å². The quantitative estimate of drug-likeness (QED) is 0.376. The molecule has 0 saturated carbocycles. The van der Waals surface area contributed by atoms with Gasteiger partial charge in [0.25, 0.3) is 10.0 Å². The van der Waals surface area contributed by atoms with E-state index in [2.05, 4.69) is 20.1 Å². The van der Waals surface area contributed by atoms with Gasteiger partial charge in [0.15, 0.2) is 11.6 Å². The molecule has 0 radical (unpaired) electrons. The number of alkyl halides is 1. The molecule has 1 aromatic carbocycles. The van der Waals surface area contributed by atoms with Gasteiger partial charge in [-0.2, -0.15) is 5.10 Å². The van der Waals surface area contributed by atoms with Crippen LogP contribution >= 0.6 is 0 Å². The molecule has 37 heavy (non-hydrogen) atoms. The second-order valence-electron chi connectivity index (χ2n) is 8.84. The monoisotopic (exact) mass is 532 g/mol. The van der Waals surface area contributed by atoms with Gasteiger partial charge in [0.05, 0.1) is 38.0 Å². The Morgan fingerprint density at radius 2 is 1.86 bits per heavy atom. The van der Waals surface area contributed by atoms with Crippen molar-refractivity contribution >= 4 is 21.4 Å². The Morgan fingerprint density at radius 1 is 1.11 bits per heavy atom. The molecule has 13 heteroatoms. The van der Waals surface area contributed by atoms with Crippen molar-refractivity contribution in [2.75, 3.05) is 32.0 Å². The van der Waals surface area contributed by atoms with Crippen molar-refractivity contribution in [1.82, 2.24) is 24.5 Å². The molecule has 196 valence electrons. The lowest BCUT2D eigenvalue weighted by atomic mass is 9.87. The number of piperidine rings is 1. The second-order valence-corrected chi connectivity index (χ2v) is 10.5. The number of aryl methyl sites for hydroxylation is 1. The Hall–Kier alpha value is -3.71. The van der Waals surface area contributed by atoms with Gasteiger partial charge in [0.2, 0.25) is 0 Å². The molecule has 1 saturated heterocycles. The summed E-state index contributed by atoms with van der Waals surface area (Å²) in [6, 6.07) is 4.29. The highest BCUT2D eigenvalue weighted by Crippen LogP contribution is 2.42. The zero-order valence-electron chi connectivity index (χ0n) is 20.5. The number of nitrogens with zero attached hydrogens (tertiary/aromatic N) is 4. The largest absolute Gasteiger partial charge is 0.496 e. The van der Waals surface area contributed by atoms with Crippen LogP contribution in [0.3, 0.4) is 0 Å². The Morgan fingerprint density at radius 3 is 2.51 bits per heavy atom. The fourth-order valence-corrected chi connectivity index (χ4v) is 5.62. The third-order valence-electron chi connectivity index (χ3n) is 6.49. The lowest BCUT2D eigenvalue weighted by molar-refractivity contribution is 0.111. The fourth-order valence-electron chi connectivity index (χ4n) is 4.58. The van der Waals surface area contributed by atoms with Crippen LogP contribution in [0, 0.1) is 5.82 Å². The number of aromatic nitrogens is 4. The molecular weight excluding hydrogens is 506 g/mol. The highest BCUT2D eigenvalue weighted by molar-refractivity contribution is 7.92. The number of pyridine rings is 1. The van der Waals surface area contributed by atoms with E-state index in [1.807, 2.05) is 0 Å². The van der Waals surface area contributed by atoms with Gasteiger partial charge >= 0.3 is 0 Å². The van der Waals surface area contributed by atoms with E-state index in [0.717, 1.165) is 0 Å². The number of imidazole rings is 1. The van der Waals surface area contributed by atoms with Gasteiger partial charge in [-0.3, -0.25) is 13.8 Å². The Kier molecular flexibility index (Phi) is 6.28. The number of sulfonamides is 1. The molecule has 5 rings (SSSR count). The topological polar surface area (TPSA) is 112 Å². The van der Waals surface area contributed by atoms with E-state index in [9.17, 15) is 8.42 Å². The number of ether oxygens (including phenoxy) is 2. The molecule has 4 aromatic rings. The van der Waals surface area contributed by atoms with Crippen LogP contribution in [-0.2, 0) is 22.7 Å². The third-order valence-corrected chi connectivity index (χ3v) is 7.81. The lowest BCUT2D eigenvalue weighted by Gasteiger charge is -2.31. The summed E-state index contributed by atoms with van der Waals surface area (Å²) in [6.45, 7) is 1.05. The molecule has 2 N–H and O–H groups in total. The van der Waals surface area contributed by atoms with Crippen LogP contribution < -0.4 is 19.5 Å². The molecular formula is C24H26F2N6O4S. The maximum Gasteiger partial charge on any atom is 0.265 e. The number of rotatable bonds is 7. The van der Waals surface area contributed by atoms with E-state index < -0.39 is 21.5 Å². The minimum Gasteiger partial charge on any atom is -0.496 e. The average molecular weight is 533 g/mol. The summed E-state index contributed by atoms with van der Waals surface area (Å²) < 4.78 is 72.9. The zero-order valence-corrected chi connectivity index (χ0v) is 21.3. The van der Waals surface area contributed by atoms with E-state index in [4.69, 9.17) is 9.47 Å². The van der Waals surface area contributed by atoms with Crippen LogP contribution in [-0.4, -0.2) is 54.9 Å². The average Bonchev–Trinajstić information content (AvgIpc) is 3.49. The Labute approximate surface area is 212 Å². The normalized spacial score (nSPS) is 15.6. The fraction of sp³-hybridized carbons (Fsp3) is 0.333. The molecule has 1 fully saturated rings. The van der Waals surface area contributed by atoms with Crippen molar-refractivity contribution in [1.29, 1.82) is 0 Å². The predicted octanol–water partition coefficient (Wildman–Crippen LogP) is 3.24. The lowest BCUT2D eigenvalue weighted by Crippen LogP contribution is -2.37. The molecule has 4 heterocycles. The predicted molar refractivity (Wildman–Crippen MR) is 133 cm³/mol. The van der Waals surface area contributed by atoms with Crippen LogP contribution in [0.1, 0.15) is 18.4 Å². The van der Waals surface area contributed by atoms with Crippen LogP contribution in [0.5, 0.6) is 11.5 Å². The summed E-state index contributed by atoms with van der Waals surface area (Å²) in [5, 5.41) is 7.04. The van der Waals surface area contributed by atoms with Gasteiger partial charge in [-0.25, -0.2) is 22.2 Å². The summed E-state index contributed by atoms with van der Waals surface area (Å²) in [7, 11) is 0.218. The third kappa shape index (κ3) is 4.48. The molecule has 3 aromatic heterocycles. The Balaban J connectivity index is 1.63. The standard InChI is InChI=1S/C24H26F2N6O4S/c1-31-13-16(11-29-31)37(33,34)30-19-9-15(8-18(25)23(19)36-3)20-12-28-22-10-21(35-2)17(14-32(20)22)24(26)4-6-27-7-5-24/h8-14,27,30H,4-7H2,1-3H3. The first-order valence-electron chi connectivity index (χ1n) is 11.5. The molecule has 0 atom stereocenters. The Bertz CT molecular complexity index is 1580. The number of halogens is 2. The van der Waals surface area contributed by atoms with Gasteiger partial charge in [0, 0.05) is 36.6 Å². The maximum atomic E-state index is 16.0. The molecule has 0 spiro atoms. The molecule has 0 bridgehead atoms. The smallest absolute Gasteiger partial charge is 0.265 e. The van der Waals surface area contributed by atoms with Crippen molar-refractivity contribution in [3.8, 4) is 22.8 Å². The molecule has 1 aliphatic rings. The summed E-state index contributed by atoms with van der Waals surface area (Å²) >= 11 is 0. The van der Waals surface area contributed by atoms with Crippen molar-refractivity contribution < 1.29 is 26.7 Å². The van der Waals surface area contributed by atoms with Crippen molar-refractivity contribution in [3.05, 3.63) is 54.4 Å². The van der Waals surface area contributed by atoms with E-state index in [1.165, 1.54) is 49.6 Å². The molecule has 10 nitrogen and oxygen atoms in total.